The summed E-state index contributed by atoms with van der Waals surface area (Å²) in [6, 6.07) is 16.5. The molecular formula is C19H22O2. The van der Waals surface area contributed by atoms with E-state index in [2.05, 4.69) is 30.3 Å². The van der Waals surface area contributed by atoms with Gasteiger partial charge in [0, 0.05) is 0 Å². The largest absolute Gasteiger partial charge is 0.392 e. The van der Waals surface area contributed by atoms with Crippen molar-refractivity contribution in [2.45, 2.75) is 45.0 Å². The summed E-state index contributed by atoms with van der Waals surface area (Å²) in [5, 5.41) is 9.25. The molecule has 0 radical (unpaired) electrons. The fourth-order valence-electron chi connectivity index (χ4n) is 2.96. The minimum Gasteiger partial charge on any atom is -0.392 e. The number of hydrogen-bond donors (Lipinski definition) is 1. The molecule has 2 heteroatoms. The van der Waals surface area contributed by atoms with Gasteiger partial charge < -0.3 is 9.84 Å². The quantitative estimate of drug-likeness (QED) is 0.885. The monoisotopic (exact) mass is 282 g/mol. The third kappa shape index (κ3) is 3.72. The Morgan fingerprint density at radius 1 is 0.905 bits per heavy atom. The molecule has 1 aliphatic rings. The van der Waals surface area contributed by atoms with Crippen LogP contribution in [-0.2, 0) is 18.0 Å². The minimum absolute atomic E-state index is 0.0817. The highest BCUT2D eigenvalue weighted by Gasteiger charge is 2.15. The van der Waals surface area contributed by atoms with Gasteiger partial charge in [-0.1, -0.05) is 49.2 Å². The van der Waals surface area contributed by atoms with E-state index >= 15 is 0 Å². The number of ether oxygens (including phenoxy) is 1. The van der Waals surface area contributed by atoms with Crippen LogP contribution in [-0.4, -0.2) is 11.2 Å². The van der Waals surface area contributed by atoms with Crippen molar-refractivity contribution in [2.24, 2.45) is 0 Å². The molecule has 1 fully saturated rings. The normalized spacial score (nSPS) is 15.5. The fourth-order valence-corrected chi connectivity index (χ4v) is 2.96. The Hall–Kier alpha value is -1.64. The molecule has 0 aromatic heterocycles. The number of rotatable bonds is 5. The molecule has 0 heterocycles. The lowest BCUT2D eigenvalue weighted by Gasteiger charge is -2.12. The van der Waals surface area contributed by atoms with Crippen LogP contribution in [0.4, 0.5) is 0 Å². The Labute approximate surface area is 126 Å². The van der Waals surface area contributed by atoms with Gasteiger partial charge in [-0.2, -0.15) is 0 Å². The van der Waals surface area contributed by atoms with Crippen LogP contribution in [0.25, 0.3) is 11.1 Å². The molecule has 1 aliphatic carbocycles. The Balaban J connectivity index is 1.72. The number of aliphatic hydroxyl groups excluding tert-OH is 1. The van der Waals surface area contributed by atoms with Crippen LogP contribution in [0.3, 0.4) is 0 Å². The maximum Gasteiger partial charge on any atom is 0.0720 e. The van der Waals surface area contributed by atoms with E-state index in [0.29, 0.717) is 12.7 Å². The summed E-state index contributed by atoms with van der Waals surface area (Å²) >= 11 is 0. The van der Waals surface area contributed by atoms with Crippen LogP contribution in [0.5, 0.6) is 0 Å². The predicted octanol–water partition coefficient (Wildman–Crippen LogP) is 4.31. The SMILES string of the molecule is OCc1cccc(-c2cccc(COC3CCCC3)c2)c1. The van der Waals surface area contributed by atoms with Crippen molar-refractivity contribution < 1.29 is 9.84 Å². The molecule has 2 nitrogen and oxygen atoms in total. The second-order valence-electron chi connectivity index (χ2n) is 5.78. The molecule has 1 saturated carbocycles. The lowest BCUT2D eigenvalue weighted by atomic mass is 10.0. The summed E-state index contributed by atoms with van der Waals surface area (Å²) in [4.78, 5) is 0. The molecule has 110 valence electrons. The Kier molecular flexibility index (Phi) is 4.69. The van der Waals surface area contributed by atoms with Crippen LogP contribution in [0.1, 0.15) is 36.8 Å². The predicted molar refractivity (Wildman–Crippen MR) is 84.8 cm³/mol. The lowest BCUT2D eigenvalue weighted by molar-refractivity contribution is 0.0457. The van der Waals surface area contributed by atoms with Crippen LogP contribution in [0, 0.1) is 0 Å². The third-order valence-corrected chi connectivity index (χ3v) is 4.16. The first kappa shape index (κ1) is 14.3. The van der Waals surface area contributed by atoms with Crippen molar-refractivity contribution in [3.05, 3.63) is 59.7 Å². The third-order valence-electron chi connectivity index (χ3n) is 4.16. The molecule has 2 aromatic rings. The number of hydrogen-bond acceptors (Lipinski definition) is 2. The van der Waals surface area contributed by atoms with Gasteiger partial charge in [-0.25, -0.2) is 0 Å². The highest BCUT2D eigenvalue weighted by Crippen LogP contribution is 2.24. The molecule has 0 atom stereocenters. The molecule has 3 rings (SSSR count). The molecule has 0 amide bonds. The zero-order chi connectivity index (χ0) is 14.5. The molecule has 0 unspecified atom stereocenters. The average molecular weight is 282 g/mol. The summed E-state index contributed by atoms with van der Waals surface area (Å²) in [6.07, 6.45) is 5.47. The van der Waals surface area contributed by atoms with Crippen molar-refractivity contribution in [1.29, 1.82) is 0 Å². The summed E-state index contributed by atoms with van der Waals surface area (Å²) in [7, 11) is 0. The molecule has 0 saturated heterocycles. The molecule has 0 spiro atoms. The van der Waals surface area contributed by atoms with Crippen LogP contribution in [0.2, 0.25) is 0 Å². The number of aliphatic hydroxyl groups is 1. The van der Waals surface area contributed by atoms with Crippen molar-refractivity contribution in [2.75, 3.05) is 0 Å². The Morgan fingerprint density at radius 2 is 1.52 bits per heavy atom. The van der Waals surface area contributed by atoms with Crippen molar-refractivity contribution in [1.82, 2.24) is 0 Å². The van der Waals surface area contributed by atoms with Gasteiger partial charge in [0.2, 0.25) is 0 Å². The van der Waals surface area contributed by atoms with Crippen LogP contribution < -0.4 is 0 Å². The fraction of sp³-hybridized carbons (Fsp3) is 0.368. The van der Waals surface area contributed by atoms with Crippen molar-refractivity contribution >= 4 is 0 Å². The van der Waals surface area contributed by atoms with Crippen LogP contribution >= 0.6 is 0 Å². The lowest BCUT2D eigenvalue weighted by Crippen LogP contribution is -2.07. The maximum atomic E-state index is 9.25. The standard InChI is InChI=1S/C19H22O2/c20-13-15-5-3-7-17(11-15)18-8-4-6-16(12-18)14-21-19-9-1-2-10-19/h3-8,11-12,19-20H,1-2,9-10,13-14H2. The highest BCUT2D eigenvalue weighted by molar-refractivity contribution is 5.64. The van der Waals surface area contributed by atoms with Gasteiger partial charge in [-0.15, -0.1) is 0 Å². The summed E-state index contributed by atoms with van der Waals surface area (Å²) in [5.74, 6) is 0. The van der Waals surface area contributed by atoms with Gasteiger partial charge in [0.15, 0.2) is 0 Å². The first-order valence-corrected chi connectivity index (χ1v) is 7.76. The summed E-state index contributed by atoms with van der Waals surface area (Å²) in [5.41, 5.74) is 4.48. The molecule has 0 aliphatic heterocycles. The van der Waals surface area contributed by atoms with Gasteiger partial charge in [-0.05, 0) is 47.2 Å². The van der Waals surface area contributed by atoms with Gasteiger partial charge in [0.25, 0.3) is 0 Å². The minimum atomic E-state index is 0.0817. The molecule has 2 aromatic carbocycles. The van der Waals surface area contributed by atoms with Gasteiger partial charge >= 0.3 is 0 Å². The van der Waals surface area contributed by atoms with Gasteiger partial charge in [0.05, 0.1) is 19.3 Å². The summed E-state index contributed by atoms with van der Waals surface area (Å²) in [6.45, 7) is 0.774. The van der Waals surface area contributed by atoms with Gasteiger partial charge in [0.1, 0.15) is 0 Å². The zero-order valence-corrected chi connectivity index (χ0v) is 12.3. The maximum absolute atomic E-state index is 9.25. The molecular weight excluding hydrogens is 260 g/mol. The Bertz CT molecular complexity index is 586. The second kappa shape index (κ2) is 6.88. The first-order chi connectivity index (χ1) is 10.3. The van der Waals surface area contributed by atoms with E-state index in [0.717, 1.165) is 11.1 Å². The highest BCUT2D eigenvalue weighted by atomic mass is 16.5. The number of benzene rings is 2. The van der Waals surface area contributed by atoms with E-state index in [4.69, 9.17) is 4.74 Å². The zero-order valence-electron chi connectivity index (χ0n) is 12.3. The van der Waals surface area contributed by atoms with E-state index in [-0.39, 0.29) is 6.61 Å². The molecule has 21 heavy (non-hydrogen) atoms. The van der Waals surface area contributed by atoms with E-state index in [1.807, 2.05) is 18.2 Å². The van der Waals surface area contributed by atoms with E-state index in [1.165, 1.54) is 36.8 Å². The first-order valence-electron chi connectivity index (χ1n) is 7.76. The van der Waals surface area contributed by atoms with Crippen molar-refractivity contribution in [3.63, 3.8) is 0 Å². The molecule has 0 bridgehead atoms. The topological polar surface area (TPSA) is 29.5 Å². The van der Waals surface area contributed by atoms with Crippen molar-refractivity contribution in [3.8, 4) is 11.1 Å². The Morgan fingerprint density at radius 3 is 2.19 bits per heavy atom. The summed E-state index contributed by atoms with van der Waals surface area (Å²) < 4.78 is 5.98. The van der Waals surface area contributed by atoms with E-state index in [1.54, 1.807) is 0 Å². The van der Waals surface area contributed by atoms with Crippen LogP contribution in [0.15, 0.2) is 48.5 Å². The second-order valence-corrected chi connectivity index (χ2v) is 5.78. The van der Waals surface area contributed by atoms with E-state index in [9.17, 15) is 5.11 Å². The van der Waals surface area contributed by atoms with E-state index < -0.39 is 0 Å². The average Bonchev–Trinajstić information content (AvgIpc) is 3.07. The molecule has 1 N–H and O–H groups in total. The van der Waals surface area contributed by atoms with Gasteiger partial charge in [-0.3, -0.25) is 0 Å². The smallest absolute Gasteiger partial charge is 0.0720 e.